The van der Waals surface area contributed by atoms with E-state index in [1.54, 1.807) is 23.7 Å². The van der Waals surface area contributed by atoms with Crippen LogP contribution in [0.2, 0.25) is 0 Å². The Labute approximate surface area is 386 Å². The number of benzene rings is 2. The molecular weight excluding hydrogens is 859 g/mol. The summed E-state index contributed by atoms with van der Waals surface area (Å²) >= 11 is 1.57. The molecule has 2 aliphatic rings. The highest BCUT2D eigenvalue weighted by Gasteiger charge is 2.44. The fraction of sp³-hybridized carbons (Fsp3) is 0.383. The van der Waals surface area contributed by atoms with Crippen LogP contribution in [0.25, 0.3) is 27.5 Å². The molecule has 0 saturated carbocycles. The van der Waals surface area contributed by atoms with Gasteiger partial charge in [0, 0.05) is 88.5 Å². The minimum Gasteiger partial charge on any atom is -0.391 e. The van der Waals surface area contributed by atoms with Crippen molar-refractivity contribution in [2.24, 2.45) is 5.41 Å². The second kappa shape index (κ2) is 19.6. The molecule has 2 aromatic carbocycles. The topological polar surface area (TPSA) is 229 Å². The van der Waals surface area contributed by atoms with E-state index in [4.69, 9.17) is 10.7 Å². The van der Waals surface area contributed by atoms with Gasteiger partial charge >= 0.3 is 0 Å². The van der Waals surface area contributed by atoms with E-state index < -0.39 is 29.5 Å². The van der Waals surface area contributed by atoms with Crippen LogP contribution in [-0.4, -0.2) is 119 Å². The van der Waals surface area contributed by atoms with Gasteiger partial charge in [0.15, 0.2) is 11.5 Å². The molecule has 0 spiro atoms. The molecule has 19 heteroatoms. The van der Waals surface area contributed by atoms with Gasteiger partial charge in [0.1, 0.15) is 29.3 Å². The number of nitrogens with zero attached hydrogens (tertiary/aromatic N) is 9. The molecular formula is C47H55N13O5S. The molecule has 18 nitrogen and oxygen atoms in total. The normalized spacial score (nSPS) is 16.9. The van der Waals surface area contributed by atoms with E-state index in [9.17, 15) is 24.3 Å². The Kier molecular flexibility index (Phi) is 13.6. The molecule has 6 aromatic rings. The predicted molar refractivity (Wildman–Crippen MR) is 252 cm³/mol. The fourth-order valence-electron chi connectivity index (χ4n) is 8.32. The minimum atomic E-state index is -0.951. The van der Waals surface area contributed by atoms with Gasteiger partial charge in [-0.25, -0.2) is 19.9 Å². The number of thiazole rings is 1. The van der Waals surface area contributed by atoms with Gasteiger partial charge in [0.25, 0.3) is 0 Å². The van der Waals surface area contributed by atoms with E-state index in [0.717, 1.165) is 33.1 Å². The summed E-state index contributed by atoms with van der Waals surface area (Å²) in [6.07, 6.45) is 8.24. The molecule has 2 saturated heterocycles. The number of carbonyl (C=O) groups is 4. The van der Waals surface area contributed by atoms with Crippen LogP contribution in [0.5, 0.6) is 0 Å². The number of fused-ring (bicyclic) bond motifs is 1. The highest BCUT2D eigenvalue weighted by Crippen LogP contribution is 2.30. The molecule has 0 bridgehead atoms. The highest BCUT2D eigenvalue weighted by atomic mass is 32.1. The SMILES string of the molecule is Cc1ncsc1-c1ccc(CNC(=O)[C@@H]2C[C@@H](O)CN2C(=O)[C@@H](NC(=O)CCCC(=O)N2CCN(c3ccc(Nc4nc(-c5cncc(N)n5)cn5ccnc45)cc3)CC2)C(C)(C)C)cc1. The first-order chi connectivity index (χ1) is 31.7. The lowest BCUT2D eigenvalue weighted by molar-refractivity contribution is -0.144. The molecule has 66 heavy (non-hydrogen) atoms. The summed E-state index contributed by atoms with van der Waals surface area (Å²) in [6.45, 7) is 10.1. The number of aromatic nitrogens is 6. The smallest absolute Gasteiger partial charge is 0.246 e. The number of amides is 4. The first-order valence-corrected chi connectivity index (χ1v) is 22.9. The molecule has 6 heterocycles. The van der Waals surface area contributed by atoms with E-state index >= 15 is 0 Å². The van der Waals surface area contributed by atoms with Crippen molar-refractivity contribution >= 4 is 63.6 Å². The van der Waals surface area contributed by atoms with Crippen LogP contribution >= 0.6 is 11.3 Å². The van der Waals surface area contributed by atoms with Crippen molar-refractivity contribution in [3.8, 4) is 21.8 Å². The van der Waals surface area contributed by atoms with E-state index in [0.29, 0.717) is 61.3 Å². The Hall–Kier alpha value is -6.99. The third-order valence-electron chi connectivity index (χ3n) is 11.9. The summed E-state index contributed by atoms with van der Waals surface area (Å²) in [4.78, 5) is 82.7. The molecule has 6 N–H and O–H groups in total. The highest BCUT2D eigenvalue weighted by molar-refractivity contribution is 7.13. The Morgan fingerprint density at radius 1 is 0.939 bits per heavy atom. The Morgan fingerprint density at radius 3 is 2.39 bits per heavy atom. The zero-order chi connectivity index (χ0) is 46.5. The number of β-amino-alcohol motifs (C(OH)–C–C–N with tert-alkyl or cyclic N) is 1. The number of carbonyl (C=O) groups excluding carboxylic acids is 4. The van der Waals surface area contributed by atoms with E-state index in [2.05, 4.69) is 40.8 Å². The molecule has 0 radical (unpaired) electrons. The first-order valence-electron chi connectivity index (χ1n) is 22.1. The van der Waals surface area contributed by atoms with Crippen LogP contribution in [-0.2, 0) is 25.7 Å². The third kappa shape index (κ3) is 10.6. The van der Waals surface area contributed by atoms with Crippen molar-refractivity contribution in [3.05, 3.63) is 96.3 Å². The lowest BCUT2D eigenvalue weighted by atomic mass is 9.85. The average molecular weight is 914 g/mol. The zero-order valence-electron chi connectivity index (χ0n) is 37.5. The second-order valence-electron chi connectivity index (χ2n) is 17.8. The number of imidazole rings is 1. The van der Waals surface area contributed by atoms with Crippen molar-refractivity contribution < 1.29 is 24.3 Å². The summed E-state index contributed by atoms with van der Waals surface area (Å²) in [5, 5.41) is 19.8. The summed E-state index contributed by atoms with van der Waals surface area (Å²) < 4.78 is 1.86. The molecule has 0 unspecified atom stereocenters. The number of hydrogen-bond donors (Lipinski definition) is 5. The Bertz CT molecular complexity index is 2690. The predicted octanol–water partition coefficient (Wildman–Crippen LogP) is 4.57. The monoisotopic (exact) mass is 913 g/mol. The summed E-state index contributed by atoms with van der Waals surface area (Å²) in [7, 11) is 0. The van der Waals surface area contributed by atoms with Gasteiger partial charge in [-0.15, -0.1) is 11.3 Å². The second-order valence-corrected chi connectivity index (χ2v) is 18.7. The third-order valence-corrected chi connectivity index (χ3v) is 12.9. The number of aliphatic hydroxyl groups excluding tert-OH is 1. The maximum atomic E-state index is 14.1. The number of aryl methyl sites for hydroxylation is 1. The number of nitrogens with two attached hydrogens (primary N) is 1. The van der Waals surface area contributed by atoms with Crippen LogP contribution in [0.3, 0.4) is 0 Å². The van der Waals surface area contributed by atoms with Crippen LogP contribution in [0, 0.1) is 12.3 Å². The van der Waals surface area contributed by atoms with Gasteiger partial charge in [0.05, 0.1) is 34.6 Å². The number of rotatable bonds is 14. The molecule has 2 fully saturated rings. The van der Waals surface area contributed by atoms with E-state index in [-0.39, 0.29) is 50.1 Å². The van der Waals surface area contributed by atoms with Crippen molar-refractivity contribution in [2.75, 3.05) is 48.7 Å². The number of likely N-dealkylation sites (tertiary alicyclic amines) is 1. The van der Waals surface area contributed by atoms with Crippen LogP contribution in [0.15, 0.2) is 85.0 Å². The molecule has 4 aromatic heterocycles. The lowest BCUT2D eigenvalue weighted by Crippen LogP contribution is -2.57. The average Bonchev–Trinajstić information content (AvgIpc) is 4.07. The van der Waals surface area contributed by atoms with Gasteiger partial charge in [-0.05, 0) is 54.2 Å². The van der Waals surface area contributed by atoms with Gasteiger partial charge in [-0.1, -0.05) is 45.0 Å². The number of anilines is 4. The molecule has 344 valence electrons. The number of aliphatic hydroxyl groups is 1. The minimum absolute atomic E-state index is 0.0159. The summed E-state index contributed by atoms with van der Waals surface area (Å²) in [5.74, 6) is -0.331. The number of nitrogen functional groups attached to an aromatic ring is 1. The number of nitrogens with one attached hydrogen (secondary N) is 3. The largest absolute Gasteiger partial charge is 0.391 e. The first kappa shape index (κ1) is 45.6. The van der Waals surface area contributed by atoms with Crippen molar-refractivity contribution in [1.82, 2.24) is 49.8 Å². The van der Waals surface area contributed by atoms with Crippen LogP contribution in [0.4, 0.5) is 23.0 Å². The van der Waals surface area contributed by atoms with E-state index in [1.807, 2.05) is 103 Å². The lowest BCUT2D eigenvalue weighted by Gasteiger charge is -2.36. The molecule has 2 aliphatic heterocycles. The van der Waals surface area contributed by atoms with Crippen molar-refractivity contribution in [1.29, 1.82) is 0 Å². The molecule has 0 aliphatic carbocycles. The molecule has 3 atom stereocenters. The van der Waals surface area contributed by atoms with Gasteiger partial charge in [0.2, 0.25) is 23.6 Å². The molecule has 4 amide bonds. The summed E-state index contributed by atoms with van der Waals surface area (Å²) in [5.41, 5.74) is 13.5. The van der Waals surface area contributed by atoms with Crippen molar-refractivity contribution in [2.45, 2.75) is 78.1 Å². The van der Waals surface area contributed by atoms with Crippen molar-refractivity contribution in [3.63, 3.8) is 0 Å². The maximum absolute atomic E-state index is 14.1. The number of piperazine rings is 1. The van der Waals surface area contributed by atoms with Crippen LogP contribution < -0.4 is 26.6 Å². The van der Waals surface area contributed by atoms with E-state index in [1.165, 1.54) is 11.1 Å². The Morgan fingerprint density at radius 2 is 1.70 bits per heavy atom. The molecule has 8 rings (SSSR count). The maximum Gasteiger partial charge on any atom is 0.246 e. The standard InChI is InChI=1S/C47H55N13O5S/c1-29-41(66-28-52-29)31-10-8-30(9-11-31)23-51-45(64)37-22-34(61)26-60(37)46(65)42(47(2,3)4)56-39(62)6-5-7-40(63)58-20-18-57(19-21-58)33-14-12-32(13-15-33)53-43-44-50-16-17-59(44)27-36(55-43)35-24-49-25-38(48)54-35/h8-17,24-25,27-28,34,37,42,61H,5-7,18-23,26H2,1-4H3,(H2,48,54)(H,51,64)(H,53,55)(H,56,62)/t34-,37+,42-/m1/s1. The summed E-state index contributed by atoms with van der Waals surface area (Å²) in [6, 6.07) is 14.0. The number of hydrogen-bond acceptors (Lipinski definition) is 14. The fourth-order valence-corrected chi connectivity index (χ4v) is 9.13. The Balaban J connectivity index is 0.789. The van der Waals surface area contributed by atoms with Gasteiger partial charge < -0.3 is 45.9 Å². The quantitative estimate of drug-likeness (QED) is 0.101. The van der Waals surface area contributed by atoms with Gasteiger partial charge in [-0.3, -0.25) is 24.2 Å². The van der Waals surface area contributed by atoms with Gasteiger partial charge in [-0.2, -0.15) is 0 Å². The van der Waals surface area contributed by atoms with Crippen LogP contribution in [0.1, 0.15) is 57.7 Å². The zero-order valence-corrected chi connectivity index (χ0v) is 38.3.